The van der Waals surface area contributed by atoms with Crippen molar-refractivity contribution in [2.75, 3.05) is 6.61 Å². The molecule has 0 saturated carbocycles. The number of hydrogen-bond donors (Lipinski definition) is 4. The Kier molecular flexibility index (Phi) is 5.59. The number of rotatable bonds is 4. The van der Waals surface area contributed by atoms with Crippen molar-refractivity contribution in [3.63, 3.8) is 0 Å². The van der Waals surface area contributed by atoms with E-state index in [-0.39, 0.29) is 5.91 Å². The largest absolute Gasteiger partial charge is 0.462 e. The summed E-state index contributed by atoms with van der Waals surface area (Å²) in [6.45, 7) is 4.60. The number of aliphatic hydroxyl groups excluding tert-OH is 3. The fourth-order valence-corrected chi connectivity index (χ4v) is 2.53. The highest BCUT2D eigenvalue weighted by Gasteiger charge is 2.46. The smallest absolute Gasteiger partial charge is 0.223 e. The van der Waals surface area contributed by atoms with E-state index in [0.29, 0.717) is 5.75 Å². The molecule has 1 amide bonds. The first-order valence-corrected chi connectivity index (χ1v) is 7.47. The van der Waals surface area contributed by atoms with E-state index in [1.54, 1.807) is 0 Å². The molecule has 2 rings (SSSR count). The highest BCUT2D eigenvalue weighted by molar-refractivity contribution is 5.73. The van der Waals surface area contributed by atoms with Crippen LogP contribution in [0.5, 0.6) is 5.75 Å². The Bertz CT molecular complexity index is 564. The number of carbonyl (C=O) groups excluding carboxylic acids is 1. The van der Waals surface area contributed by atoms with Crippen molar-refractivity contribution in [3.05, 3.63) is 29.3 Å². The van der Waals surface area contributed by atoms with Gasteiger partial charge in [0.25, 0.3) is 0 Å². The van der Waals surface area contributed by atoms with Gasteiger partial charge < -0.3 is 30.1 Å². The zero-order valence-corrected chi connectivity index (χ0v) is 13.4. The molecule has 0 spiro atoms. The van der Waals surface area contributed by atoms with Gasteiger partial charge in [-0.1, -0.05) is 12.1 Å². The van der Waals surface area contributed by atoms with Crippen LogP contribution in [0.4, 0.5) is 0 Å². The Hall–Kier alpha value is -1.67. The van der Waals surface area contributed by atoms with Gasteiger partial charge in [-0.05, 0) is 31.0 Å². The predicted octanol–water partition coefficient (Wildman–Crippen LogP) is -0.374. The number of carbonyl (C=O) groups is 1. The second-order valence-electron chi connectivity index (χ2n) is 5.82. The third kappa shape index (κ3) is 4.00. The summed E-state index contributed by atoms with van der Waals surface area (Å²) in [7, 11) is 0. The molecule has 1 aliphatic rings. The summed E-state index contributed by atoms with van der Waals surface area (Å²) in [6.07, 6.45) is -4.67. The Morgan fingerprint density at radius 3 is 2.61 bits per heavy atom. The number of amides is 1. The molecule has 1 aromatic rings. The van der Waals surface area contributed by atoms with E-state index >= 15 is 0 Å². The van der Waals surface area contributed by atoms with Gasteiger partial charge in [0.2, 0.25) is 12.2 Å². The van der Waals surface area contributed by atoms with Gasteiger partial charge in [-0.15, -0.1) is 0 Å². The molecule has 0 bridgehead atoms. The lowest BCUT2D eigenvalue weighted by Gasteiger charge is -2.42. The van der Waals surface area contributed by atoms with Gasteiger partial charge in [-0.25, -0.2) is 0 Å². The van der Waals surface area contributed by atoms with E-state index in [0.717, 1.165) is 11.1 Å². The predicted molar refractivity (Wildman–Crippen MR) is 81.9 cm³/mol. The Balaban J connectivity index is 2.27. The van der Waals surface area contributed by atoms with E-state index in [1.165, 1.54) is 6.92 Å². The maximum atomic E-state index is 11.4. The maximum Gasteiger partial charge on any atom is 0.223 e. The standard InChI is InChI=1S/C16H23NO6/c1-8-4-5-9(2)11(6-8)22-16-13(17-10(3)19)15(21)14(20)12(7-18)23-16/h4-6,12-16,18,20-21H,7H2,1-3H3,(H,17,19)/t12-,13+,14-,15+,16-/m1/s1. The van der Waals surface area contributed by atoms with Crippen LogP contribution in [0.15, 0.2) is 18.2 Å². The molecular weight excluding hydrogens is 302 g/mol. The lowest BCUT2D eigenvalue weighted by molar-refractivity contribution is -0.244. The summed E-state index contributed by atoms with van der Waals surface area (Å²) in [5.41, 5.74) is 1.85. The molecule has 0 aliphatic carbocycles. The van der Waals surface area contributed by atoms with Crippen LogP contribution in [-0.4, -0.2) is 58.5 Å². The minimum absolute atomic E-state index is 0.387. The van der Waals surface area contributed by atoms with E-state index in [2.05, 4.69) is 5.32 Å². The number of benzene rings is 1. The van der Waals surface area contributed by atoms with Crippen molar-refractivity contribution in [2.45, 2.75) is 51.4 Å². The molecule has 4 N–H and O–H groups in total. The summed E-state index contributed by atoms with van der Waals surface area (Å²) in [5, 5.41) is 32.0. The summed E-state index contributed by atoms with van der Waals surface area (Å²) in [5.74, 6) is 0.160. The fraction of sp³-hybridized carbons (Fsp3) is 0.562. The highest BCUT2D eigenvalue weighted by Crippen LogP contribution is 2.27. The topological polar surface area (TPSA) is 108 Å². The van der Waals surface area contributed by atoms with Crippen LogP contribution in [-0.2, 0) is 9.53 Å². The molecule has 128 valence electrons. The highest BCUT2D eigenvalue weighted by atomic mass is 16.7. The average Bonchev–Trinajstić information content (AvgIpc) is 2.49. The van der Waals surface area contributed by atoms with Crippen LogP contribution >= 0.6 is 0 Å². The van der Waals surface area contributed by atoms with Gasteiger partial charge in [0.15, 0.2) is 0 Å². The number of aryl methyl sites for hydroxylation is 2. The Morgan fingerprint density at radius 1 is 1.30 bits per heavy atom. The number of aliphatic hydroxyl groups is 3. The third-order valence-electron chi connectivity index (χ3n) is 3.84. The van der Waals surface area contributed by atoms with Crippen molar-refractivity contribution in [1.82, 2.24) is 5.32 Å². The van der Waals surface area contributed by atoms with E-state index in [1.807, 2.05) is 32.0 Å². The zero-order valence-electron chi connectivity index (χ0n) is 13.4. The van der Waals surface area contributed by atoms with Gasteiger partial charge in [-0.3, -0.25) is 4.79 Å². The first-order chi connectivity index (χ1) is 10.8. The fourth-order valence-electron chi connectivity index (χ4n) is 2.53. The van der Waals surface area contributed by atoms with Gasteiger partial charge in [0.05, 0.1) is 6.61 Å². The summed E-state index contributed by atoms with van der Waals surface area (Å²) in [4.78, 5) is 11.4. The Labute approximate surface area is 134 Å². The van der Waals surface area contributed by atoms with E-state index in [9.17, 15) is 20.1 Å². The minimum atomic E-state index is -1.32. The lowest BCUT2D eigenvalue weighted by Crippen LogP contribution is -2.65. The number of nitrogens with one attached hydrogen (secondary N) is 1. The van der Waals surface area contributed by atoms with E-state index in [4.69, 9.17) is 9.47 Å². The van der Waals surface area contributed by atoms with Crippen molar-refractivity contribution in [2.24, 2.45) is 0 Å². The van der Waals surface area contributed by atoms with Crippen LogP contribution in [0.2, 0.25) is 0 Å². The van der Waals surface area contributed by atoms with Gasteiger partial charge in [0.1, 0.15) is 30.1 Å². The second-order valence-corrected chi connectivity index (χ2v) is 5.82. The SMILES string of the molecule is CC(=O)N[C@@H]1[C@H](Oc2cc(C)ccc2C)O[C@H](CO)[C@@H](O)[C@H]1O. The summed E-state index contributed by atoms with van der Waals surface area (Å²) < 4.78 is 11.3. The molecule has 1 heterocycles. The molecule has 7 nitrogen and oxygen atoms in total. The number of hydrogen-bond acceptors (Lipinski definition) is 6. The van der Waals surface area contributed by atoms with Crippen molar-refractivity contribution < 1.29 is 29.6 Å². The lowest BCUT2D eigenvalue weighted by atomic mass is 9.97. The summed E-state index contributed by atoms with van der Waals surface area (Å²) in [6, 6.07) is 4.68. The molecule has 5 atom stereocenters. The molecule has 0 aromatic heterocycles. The van der Waals surface area contributed by atoms with Gasteiger partial charge in [-0.2, -0.15) is 0 Å². The van der Waals surface area contributed by atoms with Gasteiger partial charge >= 0.3 is 0 Å². The molecular formula is C16H23NO6. The molecule has 1 aliphatic heterocycles. The molecule has 23 heavy (non-hydrogen) atoms. The Morgan fingerprint density at radius 2 is 2.00 bits per heavy atom. The first-order valence-electron chi connectivity index (χ1n) is 7.47. The van der Waals surface area contributed by atoms with Crippen molar-refractivity contribution >= 4 is 5.91 Å². The zero-order chi connectivity index (χ0) is 17.1. The van der Waals surface area contributed by atoms with Crippen LogP contribution in [0, 0.1) is 13.8 Å². The summed E-state index contributed by atoms with van der Waals surface area (Å²) >= 11 is 0. The molecule has 7 heteroatoms. The minimum Gasteiger partial charge on any atom is -0.462 e. The molecule has 1 saturated heterocycles. The third-order valence-corrected chi connectivity index (χ3v) is 3.84. The van der Waals surface area contributed by atoms with Gasteiger partial charge in [0, 0.05) is 6.92 Å². The number of ether oxygens (including phenoxy) is 2. The second kappa shape index (κ2) is 7.27. The molecule has 1 aromatic carbocycles. The van der Waals surface area contributed by atoms with Crippen LogP contribution in [0.3, 0.4) is 0 Å². The van der Waals surface area contributed by atoms with Crippen LogP contribution in [0.25, 0.3) is 0 Å². The van der Waals surface area contributed by atoms with Crippen LogP contribution in [0.1, 0.15) is 18.1 Å². The van der Waals surface area contributed by atoms with Crippen LogP contribution < -0.4 is 10.1 Å². The first kappa shape index (κ1) is 17.7. The van der Waals surface area contributed by atoms with E-state index < -0.39 is 37.3 Å². The normalized spacial score (nSPS) is 30.8. The quantitative estimate of drug-likeness (QED) is 0.601. The molecule has 0 radical (unpaired) electrons. The van der Waals surface area contributed by atoms with Crippen molar-refractivity contribution in [3.8, 4) is 5.75 Å². The van der Waals surface area contributed by atoms with Crippen molar-refractivity contribution in [1.29, 1.82) is 0 Å². The maximum absolute atomic E-state index is 11.4. The monoisotopic (exact) mass is 325 g/mol. The molecule has 1 fully saturated rings. The average molecular weight is 325 g/mol. The molecule has 0 unspecified atom stereocenters.